The topological polar surface area (TPSA) is 52.8 Å². The molecule has 112 valence electrons. The van der Waals surface area contributed by atoms with E-state index in [0.29, 0.717) is 5.56 Å². The van der Waals surface area contributed by atoms with Gasteiger partial charge in [0.1, 0.15) is 0 Å². The van der Waals surface area contributed by atoms with Gasteiger partial charge in [-0.15, -0.1) is 0 Å². The van der Waals surface area contributed by atoms with Gasteiger partial charge in [-0.1, -0.05) is 18.2 Å². The first-order valence-corrected chi connectivity index (χ1v) is 7.58. The molecule has 1 aliphatic heterocycles. The summed E-state index contributed by atoms with van der Waals surface area (Å²) in [5.41, 5.74) is 5.33. The van der Waals surface area contributed by atoms with Gasteiger partial charge >= 0.3 is 0 Å². The van der Waals surface area contributed by atoms with E-state index in [1.807, 2.05) is 19.2 Å². The molecule has 23 heavy (non-hydrogen) atoms. The second-order valence-electron chi connectivity index (χ2n) is 6.41. The minimum Gasteiger partial charge on any atom is -0.328 e. The molecule has 4 nitrogen and oxygen atoms in total. The second kappa shape index (κ2) is 4.53. The van der Waals surface area contributed by atoms with Gasteiger partial charge in [-0.25, -0.2) is 9.97 Å². The highest BCUT2D eigenvalue weighted by atomic mass is 15.2. The maximum atomic E-state index is 9.09. The van der Waals surface area contributed by atoms with Crippen LogP contribution >= 0.6 is 0 Å². The fraction of sp³-hybridized carbons (Fsp3) is 0.211. The lowest BCUT2D eigenvalue weighted by Gasteiger charge is -2.38. The van der Waals surface area contributed by atoms with Crippen molar-refractivity contribution in [1.82, 2.24) is 9.97 Å². The van der Waals surface area contributed by atoms with Crippen LogP contribution < -0.4 is 4.90 Å². The maximum absolute atomic E-state index is 9.09. The van der Waals surface area contributed by atoms with Gasteiger partial charge in [-0.05, 0) is 43.7 Å². The Morgan fingerprint density at radius 3 is 2.61 bits per heavy atom. The van der Waals surface area contributed by atoms with Crippen LogP contribution in [0, 0.1) is 11.3 Å². The average molecular weight is 300 g/mol. The molecule has 0 bridgehead atoms. The molecule has 0 N–H and O–H groups in total. The van der Waals surface area contributed by atoms with E-state index in [-0.39, 0.29) is 5.41 Å². The zero-order chi connectivity index (χ0) is 16.2. The zero-order valence-electron chi connectivity index (χ0n) is 13.3. The number of fused-ring (bicyclic) bond motifs is 3. The van der Waals surface area contributed by atoms with Crippen molar-refractivity contribution >= 4 is 22.5 Å². The Bertz CT molecular complexity index is 982. The summed E-state index contributed by atoms with van der Waals surface area (Å²) in [4.78, 5) is 11.8. The number of nitrogens with zero attached hydrogens (tertiary/aromatic N) is 4. The summed E-state index contributed by atoms with van der Waals surface area (Å²) in [5, 5.41) is 9.09. The Labute approximate surface area is 135 Å². The monoisotopic (exact) mass is 300 g/mol. The van der Waals surface area contributed by atoms with Gasteiger partial charge in [0, 0.05) is 18.2 Å². The van der Waals surface area contributed by atoms with E-state index in [4.69, 9.17) is 15.2 Å². The number of rotatable bonds is 0. The summed E-state index contributed by atoms with van der Waals surface area (Å²) in [6.45, 7) is 4.36. The highest BCUT2D eigenvalue weighted by Crippen LogP contribution is 2.46. The zero-order valence-corrected chi connectivity index (χ0v) is 13.3. The van der Waals surface area contributed by atoms with E-state index in [2.05, 4.69) is 43.0 Å². The van der Waals surface area contributed by atoms with Gasteiger partial charge < -0.3 is 4.90 Å². The fourth-order valence-electron chi connectivity index (χ4n) is 3.30. The highest BCUT2D eigenvalue weighted by molar-refractivity contribution is 5.82. The van der Waals surface area contributed by atoms with Crippen LogP contribution in [0.15, 0.2) is 42.5 Å². The van der Waals surface area contributed by atoms with Crippen molar-refractivity contribution in [2.24, 2.45) is 0 Å². The fourth-order valence-corrected chi connectivity index (χ4v) is 3.30. The summed E-state index contributed by atoms with van der Waals surface area (Å²) in [7, 11) is 2.02. The molecule has 0 spiro atoms. The van der Waals surface area contributed by atoms with Crippen molar-refractivity contribution in [3.8, 4) is 6.07 Å². The van der Waals surface area contributed by atoms with Crippen LogP contribution in [0.25, 0.3) is 11.0 Å². The molecule has 4 heteroatoms. The van der Waals surface area contributed by atoms with Crippen molar-refractivity contribution in [1.29, 1.82) is 5.26 Å². The predicted molar refractivity (Wildman–Crippen MR) is 90.9 cm³/mol. The average Bonchev–Trinajstić information content (AvgIpc) is 2.58. The van der Waals surface area contributed by atoms with Gasteiger partial charge in [0.25, 0.3) is 0 Å². The number of hydrogen-bond acceptors (Lipinski definition) is 4. The number of benzene rings is 2. The summed E-state index contributed by atoms with van der Waals surface area (Å²) in [5.74, 6) is 0.858. The summed E-state index contributed by atoms with van der Waals surface area (Å²) in [6.07, 6.45) is 0. The molecule has 2 aromatic carbocycles. The summed E-state index contributed by atoms with van der Waals surface area (Å²) in [6, 6.07) is 16.0. The predicted octanol–water partition coefficient (Wildman–Crippen LogP) is 3.91. The normalized spacial score (nSPS) is 15.0. The first kappa shape index (κ1) is 13.7. The van der Waals surface area contributed by atoms with Crippen molar-refractivity contribution < 1.29 is 0 Å². The number of para-hydroxylation sites is 1. The van der Waals surface area contributed by atoms with Gasteiger partial charge in [0.15, 0.2) is 5.82 Å². The van der Waals surface area contributed by atoms with Crippen molar-refractivity contribution in [2.45, 2.75) is 19.3 Å². The van der Waals surface area contributed by atoms with Crippen LogP contribution in [-0.4, -0.2) is 17.0 Å². The summed E-state index contributed by atoms with van der Waals surface area (Å²) < 4.78 is 0. The number of aromatic nitrogens is 2. The molecule has 0 unspecified atom stereocenters. The number of hydrogen-bond donors (Lipinski definition) is 0. The van der Waals surface area contributed by atoms with E-state index in [9.17, 15) is 0 Å². The van der Waals surface area contributed by atoms with Gasteiger partial charge in [-0.3, -0.25) is 0 Å². The van der Waals surface area contributed by atoms with Crippen LogP contribution in [0.1, 0.15) is 30.7 Å². The quantitative estimate of drug-likeness (QED) is 0.631. The Balaban J connectivity index is 2.05. The number of nitriles is 1. The Kier molecular flexibility index (Phi) is 2.70. The van der Waals surface area contributed by atoms with E-state index in [1.54, 1.807) is 12.1 Å². The first-order chi connectivity index (χ1) is 11.0. The van der Waals surface area contributed by atoms with E-state index in [1.165, 1.54) is 5.56 Å². The molecular formula is C19H16N4. The second-order valence-corrected chi connectivity index (χ2v) is 6.41. The van der Waals surface area contributed by atoms with E-state index >= 15 is 0 Å². The molecule has 4 rings (SSSR count). The largest absolute Gasteiger partial charge is 0.328 e. The van der Waals surface area contributed by atoms with Gasteiger partial charge in [-0.2, -0.15) is 5.26 Å². The first-order valence-electron chi connectivity index (χ1n) is 7.58. The summed E-state index contributed by atoms with van der Waals surface area (Å²) >= 11 is 0. The molecule has 0 atom stereocenters. The lowest BCUT2D eigenvalue weighted by Crippen LogP contribution is -2.32. The van der Waals surface area contributed by atoms with Crippen molar-refractivity contribution in [2.75, 3.05) is 11.9 Å². The molecule has 1 aliphatic rings. The lowest BCUT2D eigenvalue weighted by atomic mass is 9.77. The lowest BCUT2D eigenvalue weighted by molar-refractivity contribution is 0.604. The minimum atomic E-state index is -0.215. The smallest absolute Gasteiger partial charge is 0.156 e. The molecule has 0 saturated heterocycles. The Hall–Kier alpha value is -2.93. The van der Waals surface area contributed by atoms with Gasteiger partial charge in [0.05, 0.1) is 28.4 Å². The molecule has 3 aromatic rings. The van der Waals surface area contributed by atoms with Gasteiger partial charge in [0.2, 0.25) is 0 Å². The van der Waals surface area contributed by atoms with Crippen LogP contribution in [0.5, 0.6) is 0 Å². The third-order valence-corrected chi connectivity index (χ3v) is 4.62. The van der Waals surface area contributed by atoms with Crippen LogP contribution in [0.4, 0.5) is 11.5 Å². The molecule has 0 radical (unpaired) electrons. The SMILES string of the molecule is CN1c2ccccc2C(C)(C)c2nc3ccc(C#N)cc3nc21. The standard InChI is InChI=1S/C19H16N4/c1-19(2)13-6-4-5-7-16(13)23(3)18-17(19)21-14-9-8-12(11-20)10-15(14)22-18/h4-10H,1-3H3. The van der Waals surface area contributed by atoms with Crippen LogP contribution in [0.2, 0.25) is 0 Å². The van der Waals surface area contributed by atoms with Crippen molar-refractivity contribution in [3.63, 3.8) is 0 Å². The van der Waals surface area contributed by atoms with E-state index < -0.39 is 0 Å². The molecule has 0 aliphatic carbocycles. The number of anilines is 2. The van der Waals surface area contributed by atoms with E-state index in [0.717, 1.165) is 28.2 Å². The highest BCUT2D eigenvalue weighted by Gasteiger charge is 2.37. The Morgan fingerprint density at radius 1 is 1.04 bits per heavy atom. The third kappa shape index (κ3) is 1.83. The Morgan fingerprint density at radius 2 is 1.83 bits per heavy atom. The molecular weight excluding hydrogens is 284 g/mol. The van der Waals surface area contributed by atoms with Crippen LogP contribution in [-0.2, 0) is 5.41 Å². The molecule has 2 heterocycles. The molecule has 1 aromatic heterocycles. The molecule has 0 amide bonds. The van der Waals surface area contributed by atoms with Crippen LogP contribution in [0.3, 0.4) is 0 Å². The molecule has 0 fully saturated rings. The molecule has 0 saturated carbocycles. The van der Waals surface area contributed by atoms with Crippen molar-refractivity contribution in [3.05, 3.63) is 59.3 Å². The maximum Gasteiger partial charge on any atom is 0.156 e. The minimum absolute atomic E-state index is 0.215. The third-order valence-electron chi connectivity index (χ3n) is 4.62.